The summed E-state index contributed by atoms with van der Waals surface area (Å²) in [7, 11) is 1.79. The summed E-state index contributed by atoms with van der Waals surface area (Å²) in [6.45, 7) is 0.518. The molecule has 1 aromatic rings. The highest BCUT2D eigenvalue weighted by Gasteiger charge is 2.21. The largest absolute Gasteiger partial charge is 0.484 e. The number of aliphatic imine (C=N–C) groups is 1. The van der Waals surface area contributed by atoms with Crippen LogP contribution in [0.3, 0.4) is 0 Å². The number of hydrogen-bond donors (Lipinski definition) is 3. The van der Waals surface area contributed by atoms with Crippen LogP contribution < -0.4 is 21.1 Å². The van der Waals surface area contributed by atoms with E-state index in [2.05, 4.69) is 21.9 Å². The standard InChI is InChI=1S/C18H28N4O2S/c1-20-18(22-14-6-4-8-16(10-14)25-2)21-11-13-5-3-7-15(9-13)24-12-17(19)23/h3,5,7,9,14,16H,4,6,8,10-12H2,1-2H3,(H2,19,23)(H2,20,21,22). The average Bonchev–Trinajstić information content (AvgIpc) is 2.64. The topological polar surface area (TPSA) is 88.7 Å². The fourth-order valence-electron chi connectivity index (χ4n) is 2.96. The van der Waals surface area contributed by atoms with E-state index in [0.29, 0.717) is 18.3 Å². The van der Waals surface area contributed by atoms with Crippen LogP contribution in [0.25, 0.3) is 0 Å². The van der Waals surface area contributed by atoms with Gasteiger partial charge in [0.25, 0.3) is 5.91 Å². The van der Waals surface area contributed by atoms with Gasteiger partial charge in [0.15, 0.2) is 12.6 Å². The molecule has 0 saturated heterocycles. The van der Waals surface area contributed by atoms with Crippen molar-refractivity contribution in [1.82, 2.24) is 10.6 Å². The number of nitrogens with zero attached hydrogens (tertiary/aromatic N) is 1. The molecule has 7 heteroatoms. The van der Waals surface area contributed by atoms with Gasteiger partial charge in [-0.15, -0.1) is 0 Å². The molecule has 1 fully saturated rings. The van der Waals surface area contributed by atoms with Crippen LogP contribution in [0, 0.1) is 0 Å². The van der Waals surface area contributed by atoms with Crippen LogP contribution in [0.2, 0.25) is 0 Å². The number of nitrogens with one attached hydrogen (secondary N) is 2. The van der Waals surface area contributed by atoms with Crippen LogP contribution in [-0.4, -0.2) is 43.1 Å². The number of carbonyl (C=O) groups excluding carboxylic acids is 1. The second-order valence-electron chi connectivity index (χ2n) is 6.19. The Labute approximate surface area is 154 Å². The molecule has 0 spiro atoms. The highest BCUT2D eigenvalue weighted by molar-refractivity contribution is 7.99. The number of ether oxygens (including phenoxy) is 1. The lowest BCUT2D eigenvalue weighted by Crippen LogP contribution is -2.45. The smallest absolute Gasteiger partial charge is 0.255 e. The Morgan fingerprint density at radius 1 is 1.44 bits per heavy atom. The van der Waals surface area contributed by atoms with Crippen LogP contribution in [0.5, 0.6) is 5.75 Å². The SMILES string of the molecule is CN=C(NCc1cccc(OCC(N)=O)c1)NC1CCCC(SC)C1. The summed E-state index contributed by atoms with van der Waals surface area (Å²) >= 11 is 1.96. The minimum atomic E-state index is -0.482. The Morgan fingerprint density at radius 2 is 2.28 bits per heavy atom. The van der Waals surface area contributed by atoms with Crippen LogP contribution in [0.15, 0.2) is 29.3 Å². The molecule has 2 rings (SSSR count). The zero-order valence-electron chi connectivity index (χ0n) is 15.0. The first-order chi connectivity index (χ1) is 12.1. The molecule has 2 unspecified atom stereocenters. The molecule has 1 aliphatic carbocycles. The molecule has 0 bridgehead atoms. The number of rotatable bonds is 7. The molecule has 1 aromatic carbocycles. The average molecular weight is 365 g/mol. The van der Waals surface area contributed by atoms with Crippen molar-refractivity contribution >= 4 is 23.6 Å². The minimum Gasteiger partial charge on any atom is -0.484 e. The van der Waals surface area contributed by atoms with Crippen molar-refractivity contribution in [2.24, 2.45) is 10.7 Å². The van der Waals surface area contributed by atoms with Crippen molar-refractivity contribution in [2.45, 2.75) is 43.5 Å². The fourth-order valence-corrected chi connectivity index (χ4v) is 3.79. The number of primary amides is 1. The van der Waals surface area contributed by atoms with Crippen LogP contribution in [0.1, 0.15) is 31.2 Å². The van der Waals surface area contributed by atoms with E-state index in [4.69, 9.17) is 10.5 Å². The Kier molecular flexibility index (Phi) is 7.91. The number of nitrogens with two attached hydrogens (primary N) is 1. The zero-order valence-corrected chi connectivity index (χ0v) is 15.8. The maximum Gasteiger partial charge on any atom is 0.255 e. The lowest BCUT2D eigenvalue weighted by Gasteiger charge is -2.29. The van der Waals surface area contributed by atoms with E-state index in [0.717, 1.165) is 16.8 Å². The molecule has 138 valence electrons. The van der Waals surface area contributed by atoms with E-state index in [1.807, 2.05) is 36.0 Å². The van der Waals surface area contributed by atoms with Gasteiger partial charge in [-0.3, -0.25) is 9.79 Å². The highest BCUT2D eigenvalue weighted by atomic mass is 32.2. The third-order valence-corrected chi connectivity index (χ3v) is 5.36. The predicted octanol–water partition coefficient (Wildman–Crippen LogP) is 1.89. The molecule has 2 atom stereocenters. The molecule has 0 aliphatic heterocycles. The number of hydrogen-bond acceptors (Lipinski definition) is 4. The maximum absolute atomic E-state index is 10.8. The first-order valence-electron chi connectivity index (χ1n) is 8.60. The van der Waals surface area contributed by atoms with Crippen LogP contribution in [0.4, 0.5) is 0 Å². The Hall–Kier alpha value is -1.89. The van der Waals surface area contributed by atoms with E-state index in [9.17, 15) is 4.79 Å². The lowest BCUT2D eigenvalue weighted by atomic mass is 9.95. The van der Waals surface area contributed by atoms with Gasteiger partial charge in [0.2, 0.25) is 0 Å². The molecule has 1 amide bonds. The minimum absolute atomic E-state index is 0.113. The van der Waals surface area contributed by atoms with Gasteiger partial charge in [-0.05, 0) is 43.2 Å². The molecule has 25 heavy (non-hydrogen) atoms. The van der Waals surface area contributed by atoms with Gasteiger partial charge >= 0.3 is 0 Å². The molecule has 6 nitrogen and oxygen atoms in total. The predicted molar refractivity (Wildman–Crippen MR) is 104 cm³/mol. The van der Waals surface area contributed by atoms with Gasteiger partial charge in [-0.1, -0.05) is 18.6 Å². The first kappa shape index (κ1) is 19.4. The van der Waals surface area contributed by atoms with Gasteiger partial charge in [0.05, 0.1) is 0 Å². The van der Waals surface area contributed by atoms with Crippen molar-refractivity contribution in [3.05, 3.63) is 29.8 Å². The van der Waals surface area contributed by atoms with Crippen LogP contribution in [-0.2, 0) is 11.3 Å². The summed E-state index contributed by atoms with van der Waals surface area (Å²) in [4.78, 5) is 15.1. The summed E-state index contributed by atoms with van der Waals surface area (Å²) in [5.74, 6) is 0.968. The molecule has 0 aromatic heterocycles. The third kappa shape index (κ3) is 6.86. The summed E-state index contributed by atoms with van der Waals surface area (Å²) in [5, 5.41) is 7.61. The summed E-state index contributed by atoms with van der Waals surface area (Å²) in [6, 6.07) is 8.08. The fraction of sp³-hybridized carbons (Fsp3) is 0.556. The van der Waals surface area contributed by atoms with Crippen LogP contribution >= 0.6 is 11.8 Å². The lowest BCUT2D eigenvalue weighted by molar-refractivity contribution is -0.119. The van der Waals surface area contributed by atoms with Crippen molar-refractivity contribution in [3.63, 3.8) is 0 Å². The van der Waals surface area contributed by atoms with Gasteiger partial charge in [-0.25, -0.2) is 0 Å². The van der Waals surface area contributed by atoms with Gasteiger partial charge in [0.1, 0.15) is 5.75 Å². The van der Waals surface area contributed by atoms with Crippen molar-refractivity contribution < 1.29 is 9.53 Å². The monoisotopic (exact) mass is 364 g/mol. The molecular formula is C18H28N4O2S. The van der Waals surface area contributed by atoms with E-state index in [1.165, 1.54) is 25.7 Å². The molecule has 0 heterocycles. The summed E-state index contributed by atoms with van der Waals surface area (Å²) in [6.07, 6.45) is 7.13. The molecule has 1 saturated carbocycles. The highest BCUT2D eigenvalue weighted by Crippen LogP contribution is 2.26. The molecular weight excluding hydrogens is 336 g/mol. The van der Waals surface area contributed by atoms with Gasteiger partial charge < -0.3 is 21.1 Å². The summed E-state index contributed by atoms with van der Waals surface area (Å²) in [5.41, 5.74) is 6.15. The van der Waals surface area contributed by atoms with E-state index in [-0.39, 0.29) is 6.61 Å². The number of benzene rings is 1. The normalized spacial score (nSPS) is 20.8. The maximum atomic E-state index is 10.8. The first-order valence-corrected chi connectivity index (χ1v) is 9.89. The van der Waals surface area contributed by atoms with Gasteiger partial charge in [0, 0.05) is 24.9 Å². The second-order valence-corrected chi connectivity index (χ2v) is 7.33. The molecule has 4 N–H and O–H groups in total. The zero-order chi connectivity index (χ0) is 18.1. The quantitative estimate of drug-likeness (QED) is 0.508. The second kappa shape index (κ2) is 10.2. The molecule has 1 aliphatic rings. The van der Waals surface area contributed by atoms with Crippen molar-refractivity contribution in [2.75, 3.05) is 19.9 Å². The molecule has 0 radical (unpaired) electrons. The van der Waals surface area contributed by atoms with Crippen molar-refractivity contribution in [3.8, 4) is 5.75 Å². The Bertz CT molecular complexity index is 594. The summed E-state index contributed by atoms with van der Waals surface area (Å²) < 4.78 is 5.34. The Morgan fingerprint density at radius 3 is 3.00 bits per heavy atom. The van der Waals surface area contributed by atoms with Crippen molar-refractivity contribution in [1.29, 1.82) is 0 Å². The van der Waals surface area contributed by atoms with Gasteiger partial charge in [-0.2, -0.15) is 11.8 Å². The third-order valence-electron chi connectivity index (χ3n) is 4.26. The van der Waals surface area contributed by atoms with E-state index >= 15 is 0 Å². The van der Waals surface area contributed by atoms with E-state index < -0.39 is 5.91 Å². The number of amides is 1. The number of guanidine groups is 1. The Balaban J connectivity index is 1.84. The number of carbonyl (C=O) groups is 1. The number of thioether (sulfide) groups is 1. The van der Waals surface area contributed by atoms with E-state index in [1.54, 1.807) is 7.05 Å².